The maximum Gasteiger partial charge on any atom is 0.262 e. The normalized spacial score (nSPS) is 16.3. The number of nitrogens with one attached hydrogen (secondary N) is 1. The molecule has 0 aliphatic carbocycles. The summed E-state index contributed by atoms with van der Waals surface area (Å²) >= 11 is 0. The maximum absolute atomic E-state index is 12.1. The number of fused-ring (bicyclic) bond motifs is 1. The zero-order chi connectivity index (χ0) is 18.6. The molecule has 1 amide bonds. The number of benzene rings is 2. The molecule has 6 nitrogen and oxygen atoms in total. The quantitative estimate of drug-likeness (QED) is 0.873. The minimum atomic E-state index is -0.202. The minimum absolute atomic E-state index is 0.0641. The van der Waals surface area contributed by atoms with Crippen LogP contribution in [0.25, 0.3) is 0 Å². The SMILES string of the molecule is CC1CCN(c2ccc(NC(=O)COc3ccc4c(c3)OCO4)cc2)CC1. The fourth-order valence-electron chi connectivity index (χ4n) is 3.33. The molecule has 1 N–H and O–H groups in total. The smallest absolute Gasteiger partial charge is 0.262 e. The number of amides is 1. The van der Waals surface area contributed by atoms with Crippen molar-refractivity contribution < 1.29 is 19.0 Å². The molecule has 0 unspecified atom stereocenters. The van der Waals surface area contributed by atoms with Crippen LogP contribution >= 0.6 is 0 Å². The van der Waals surface area contributed by atoms with E-state index in [1.165, 1.54) is 18.5 Å². The molecule has 2 heterocycles. The fourth-order valence-corrected chi connectivity index (χ4v) is 3.33. The van der Waals surface area contributed by atoms with Crippen LogP contribution in [-0.2, 0) is 4.79 Å². The average molecular weight is 368 g/mol. The number of nitrogens with zero attached hydrogens (tertiary/aromatic N) is 1. The molecule has 0 spiro atoms. The molecule has 1 fully saturated rings. The summed E-state index contributed by atoms with van der Waals surface area (Å²) in [5.41, 5.74) is 1.97. The monoisotopic (exact) mass is 368 g/mol. The summed E-state index contributed by atoms with van der Waals surface area (Å²) in [6, 6.07) is 13.3. The molecule has 0 saturated carbocycles. The van der Waals surface area contributed by atoms with E-state index < -0.39 is 0 Å². The van der Waals surface area contributed by atoms with Crippen LogP contribution in [0.15, 0.2) is 42.5 Å². The zero-order valence-electron chi connectivity index (χ0n) is 15.4. The fraction of sp³-hybridized carbons (Fsp3) is 0.381. The van der Waals surface area contributed by atoms with Gasteiger partial charge in [0.05, 0.1) is 0 Å². The lowest BCUT2D eigenvalue weighted by Crippen LogP contribution is -2.32. The number of hydrogen-bond donors (Lipinski definition) is 1. The largest absolute Gasteiger partial charge is 0.484 e. The predicted molar refractivity (Wildman–Crippen MR) is 104 cm³/mol. The van der Waals surface area contributed by atoms with Crippen molar-refractivity contribution in [3.8, 4) is 17.2 Å². The maximum atomic E-state index is 12.1. The van der Waals surface area contributed by atoms with Gasteiger partial charge in [-0.2, -0.15) is 0 Å². The van der Waals surface area contributed by atoms with Gasteiger partial charge in [-0.1, -0.05) is 6.92 Å². The Balaban J connectivity index is 1.28. The second-order valence-corrected chi connectivity index (χ2v) is 7.07. The van der Waals surface area contributed by atoms with Crippen molar-refractivity contribution >= 4 is 17.3 Å². The Morgan fingerprint density at radius 3 is 2.63 bits per heavy atom. The van der Waals surface area contributed by atoms with Gasteiger partial charge in [-0.05, 0) is 55.2 Å². The van der Waals surface area contributed by atoms with Gasteiger partial charge in [0, 0.05) is 30.5 Å². The zero-order valence-corrected chi connectivity index (χ0v) is 15.4. The van der Waals surface area contributed by atoms with Crippen molar-refractivity contribution in [3.05, 3.63) is 42.5 Å². The Morgan fingerprint density at radius 2 is 1.85 bits per heavy atom. The van der Waals surface area contributed by atoms with Gasteiger partial charge >= 0.3 is 0 Å². The van der Waals surface area contributed by atoms with Crippen LogP contribution in [0.1, 0.15) is 19.8 Å². The molecule has 0 radical (unpaired) electrons. The Bertz CT molecular complexity index is 798. The van der Waals surface area contributed by atoms with Gasteiger partial charge in [0.15, 0.2) is 18.1 Å². The van der Waals surface area contributed by atoms with Gasteiger partial charge in [0.25, 0.3) is 5.91 Å². The first-order chi connectivity index (χ1) is 13.2. The van der Waals surface area contributed by atoms with Crippen LogP contribution in [0.3, 0.4) is 0 Å². The summed E-state index contributed by atoms with van der Waals surface area (Å²) in [5, 5.41) is 2.86. The third-order valence-electron chi connectivity index (χ3n) is 5.01. The number of rotatable bonds is 5. The molecule has 1 saturated heterocycles. The number of ether oxygens (including phenoxy) is 3. The highest BCUT2D eigenvalue weighted by atomic mass is 16.7. The highest BCUT2D eigenvalue weighted by Crippen LogP contribution is 2.35. The van der Waals surface area contributed by atoms with E-state index in [2.05, 4.69) is 29.3 Å². The summed E-state index contributed by atoms with van der Waals surface area (Å²) in [6.07, 6.45) is 2.46. The van der Waals surface area contributed by atoms with E-state index in [1.807, 2.05) is 12.1 Å². The van der Waals surface area contributed by atoms with E-state index >= 15 is 0 Å². The van der Waals surface area contributed by atoms with Crippen LogP contribution < -0.4 is 24.4 Å². The van der Waals surface area contributed by atoms with Crippen molar-refractivity contribution in [2.45, 2.75) is 19.8 Å². The Kier molecular flexibility index (Phi) is 5.05. The Labute approximate surface area is 159 Å². The van der Waals surface area contributed by atoms with Gasteiger partial charge in [0.2, 0.25) is 6.79 Å². The van der Waals surface area contributed by atoms with Crippen LogP contribution in [0, 0.1) is 5.92 Å². The summed E-state index contributed by atoms with van der Waals surface area (Å²) < 4.78 is 16.1. The number of anilines is 2. The molecule has 142 valence electrons. The van der Waals surface area contributed by atoms with E-state index in [0.29, 0.717) is 17.2 Å². The molecule has 0 bridgehead atoms. The molecule has 2 aromatic rings. The van der Waals surface area contributed by atoms with E-state index in [1.54, 1.807) is 18.2 Å². The molecule has 0 aromatic heterocycles. The Hall–Kier alpha value is -2.89. The molecular formula is C21H24N2O4. The topological polar surface area (TPSA) is 60.0 Å². The molecule has 27 heavy (non-hydrogen) atoms. The van der Waals surface area contributed by atoms with Crippen LogP contribution in [0.2, 0.25) is 0 Å². The highest BCUT2D eigenvalue weighted by Gasteiger charge is 2.16. The first-order valence-corrected chi connectivity index (χ1v) is 9.35. The summed E-state index contributed by atoms with van der Waals surface area (Å²) in [6.45, 7) is 4.64. The van der Waals surface area contributed by atoms with Gasteiger partial charge in [-0.25, -0.2) is 0 Å². The first-order valence-electron chi connectivity index (χ1n) is 9.35. The lowest BCUT2D eigenvalue weighted by Gasteiger charge is -2.32. The van der Waals surface area contributed by atoms with Crippen LogP contribution in [0.4, 0.5) is 11.4 Å². The van der Waals surface area contributed by atoms with E-state index in [4.69, 9.17) is 14.2 Å². The third kappa shape index (κ3) is 4.27. The van der Waals surface area contributed by atoms with Gasteiger partial charge in [0.1, 0.15) is 5.75 Å². The Morgan fingerprint density at radius 1 is 1.11 bits per heavy atom. The van der Waals surface area contributed by atoms with Crippen LogP contribution in [0.5, 0.6) is 17.2 Å². The average Bonchev–Trinajstić information content (AvgIpc) is 3.15. The number of hydrogen-bond acceptors (Lipinski definition) is 5. The van der Waals surface area contributed by atoms with Crippen molar-refractivity contribution in [2.24, 2.45) is 5.92 Å². The minimum Gasteiger partial charge on any atom is -0.484 e. The number of piperidine rings is 1. The molecule has 4 rings (SSSR count). The lowest BCUT2D eigenvalue weighted by atomic mass is 9.99. The van der Waals surface area contributed by atoms with Crippen molar-refractivity contribution in [3.63, 3.8) is 0 Å². The molecule has 2 aliphatic heterocycles. The van der Waals surface area contributed by atoms with Crippen molar-refractivity contribution in [1.82, 2.24) is 0 Å². The van der Waals surface area contributed by atoms with Gasteiger partial charge in [-0.3, -0.25) is 4.79 Å². The van der Waals surface area contributed by atoms with E-state index in [0.717, 1.165) is 24.7 Å². The molecule has 0 atom stereocenters. The van der Waals surface area contributed by atoms with E-state index in [-0.39, 0.29) is 19.3 Å². The number of carbonyl (C=O) groups is 1. The molecular weight excluding hydrogens is 344 g/mol. The second kappa shape index (κ2) is 7.78. The highest BCUT2D eigenvalue weighted by molar-refractivity contribution is 5.92. The molecule has 2 aliphatic rings. The van der Waals surface area contributed by atoms with Gasteiger partial charge in [-0.15, -0.1) is 0 Å². The molecule has 6 heteroatoms. The summed E-state index contributed by atoms with van der Waals surface area (Å²) in [5.74, 6) is 2.51. The summed E-state index contributed by atoms with van der Waals surface area (Å²) in [7, 11) is 0. The standard InChI is InChI=1S/C21H24N2O4/c1-15-8-10-23(11-9-15)17-4-2-16(3-5-17)22-21(24)13-25-18-6-7-19-20(12-18)27-14-26-19/h2-7,12,15H,8-11,13-14H2,1H3,(H,22,24). The van der Waals surface area contributed by atoms with Crippen LogP contribution in [-0.4, -0.2) is 32.4 Å². The van der Waals surface area contributed by atoms with Gasteiger partial charge < -0.3 is 24.4 Å². The molecule has 2 aromatic carbocycles. The summed E-state index contributed by atoms with van der Waals surface area (Å²) in [4.78, 5) is 14.5. The first kappa shape index (κ1) is 17.5. The number of carbonyl (C=O) groups excluding carboxylic acids is 1. The predicted octanol–water partition coefficient (Wildman–Crippen LogP) is 3.67. The lowest BCUT2D eigenvalue weighted by molar-refractivity contribution is -0.118. The van der Waals surface area contributed by atoms with Crippen molar-refractivity contribution in [1.29, 1.82) is 0 Å². The van der Waals surface area contributed by atoms with E-state index in [9.17, 15) is 4.79 Å². The second-order valence-electron chi connectivity index (χ2n) is 7.07. The van der Waals surface area contributed by atoms with Crippen molar-refractivity contribution in [2.75, 3.05) is 36.7 Å². The third-order valence-corrected chi connectivity index (χ3v) is 5.01.